The van der Waals surface area contributed by atoms with Gasteiger partial charge in [-0.15, -0.1) is 0 Å². The molecule has 1 unspecified atom stereocenters. The van der Waals surface area contributed by atoms with Gasteiger partial charge in [0.25, 0.3) is 5.56 Å². The number of aryl methyl sites for hydroxylation is 1. The Morgan fingerprint density at radius 3 is 2.81 bits per heavy atom. The molecule has 27 heavy (non-hydrogen) atoms. The average Bonchev–Trinajstić information content (AvgIpc) is 3.39. The first-order chi connectivity index (χ1) is 13.2. The number of nitrogens with one attached hydrogen (secondary N) is 1. The van der Waals surface area contributed by atoms with Crippen molar-refractivity contribution in [2.45, 2.75) is 44.8 Å². The molecule has 1 amide bonds. The zero-order valence-corrected chi connectivity index (χ0v) is 15.5. The van der Waals surface area contributed by atoms with Crippen LogP contribution in [0.5, 0.6) is 0 Å². The van der Waals surface area contributed by atoms with Gasteiger partial charge in [0, 0.05) is 39.2 Å². The van der Waals surface area contributed by atoms with E-state index in [0.29, 0.717) is 18.9 Å². The van der Waals surface area contributed by atoms with Gasteiger partial charge in [0.15, 0.2) is 5.82 Å². The zero-order chi connectivity index (χ0) is 18.6. The number of hydrogen-bond donors (Lipinski definition) is 1. The Hall–Kier alpha value is -2.41. The van der Waals surface area contributed by atoms with Gasteiger partial charge in [0.1, 0.15) is 0 Å². The molecule has 1 atom stereocenters. The van der Waals surface area contributed by atoms with Crippen LogP contribution >= 0.6 is 0 Å². The lowest BCUT2D eigenvalue weighted by atomic mass is 10.2. The Bertz CT molecular complexity index is 867. The van der Waals surface area contributed by atoms with Crippen molar-refractivity contribution in [1.82, 2.24) is 14.9 Å². The lowest BCUT2D eigenvalue weighted by molar-refractivity contribution is -0.121. The van der Waals surface area contributed by atoms with Gasteiger partial charge < -0.3 is 19.5 Å². The van der Waals surface area contributed by atoms with Crippen LogP contribution in [-0.4, -0.2) is 47.8 Å². The van der Waals surface area contributed by atoms with Crippen molar-refractivity contribution in [2.24, 2.45) is 0 Å². The van der Waals surface area contributed by atoms with E-state index in [1.165, 1.54) is 0 Å². The highest BCUT2D eigenvalue weighted by Crippen LogP contribution is 2.18. The van der Waals surface area contributed by atoms with Crippen molar-refractivity contribution < 1.29 is 9.53 Å². The monoisotopic (exact) mass is 370 g/mol. The number of hydrogen-bond acceptors (Lipinski definition) is 5. The van der Waals surface area contributed by atoms with E-state index < -0.39 is 0 Å². The van der Waals surface area contributed by atoms with E-state index in [4.69, 9.17) is 4.74 Å². The van der Waals surface area contributed by atoms with E-state index in [9.17, 15) is 9.59 Å². The molecule has 2 saturated heterocycles. The molecule has 0 spiro atoms. The van der Waals surface area contributed by atoms with Crippen molar-refractivity contribution in [2.75, 3.05) is 31.1 Å². The predicted octanol–water partition coefficient (Wildman–Crippen LogP) is 1.68. The van der Waals surface area contributed by atoms with Gasteiger partial charge in [-0.2, -0.15) is 0 Å². The summed E-state index contributed by atoms with van der Waals surface area (Å²) in [6, 6.07) is 7.63. The van der Waals surface area contributed by atoms with Crippen molar-refractivity contribution in [1.29, 1.82) is 0 Å². The first-order valence-corrected chi connectivity index (χ1v) is 9.85. The summed E-state index contributed by atoms with van der Waals surface area (Å²) < 4.78 is 7.23. The number of para-hydroxylation sites is 2. The van der Waals surface area contributed by atoms with Crippen molar-refractivity contribution in [3.8, 4) is 0 Å². The van der Waals surface area contributed by atoms with E-state index >= 15 is 0 Å². The Balaban J connectivity index is 1.51. The van der Waals surface area contributed by atoms with Crippen LogP contribution in [-0.2, 0) is 16.1 Å². The fourth-order valence-electron chi connectivity index (χ4n) is 3.87. The first-order valence-electron chi connectivity index (χ1n) is 9.85. The van der Waals surface area contributed by atoms with Crippen molar-refractivity contribution in [3.63, 3.8) is 0 Å². The second kappa shape index (κ2) is 8.08. The minimum Gasteiger partial charge on any atom is -0.376 e. The van der Waals surface area contributed by atoms with Gasteiger partial charge in [0.2, 0.25) is 5.91 Å². The van der Waals surface area contributed by atoms with Gasteiger partial charge in [-0.25, -0.2) is 4.98 Å². The summed E-state index contributed by atoms with van der Waals surface area (Å²) in [4.78, 5) is 32.0. The molecule has 2 fully saturated rings. The third kappa shape index (κ3) is 3.98. The lowest BCUT2D eigenvalue weighted by Gasteiger charge is -2.19. The number of fused-ring (bicyclic) bond motifs is 1. The molecular formula is C20H26N4O3. The molecule has 0 bridgehead atoms. The summed E-state index contributed by atoms with van der Waals surface area (Å²) in [5.41, 5.74) is 1.46. The van der Waals surface area contributed by atoms with Gasteiger partial charge in [0.05, 0.1) is 17.1 Å². The first kappa shape index (κ1) is 18.0. The fourth-order valence-corrected chi connectivity index (χ4v) is 3.87. The summed E-state index contributed by atoms with van der Waals surface area (Å²) in [6.07, 6.45) is 4.60. The number of carbonyl (C=O) groups is 1. The molecule has 1 aromatic carbocycles. The summed E-state index contributed by atoms with van der Waals surface area (Å²) in [6.45, 7) is 3.40. The highest BCUT2D eigenvalue weighted by molar-refractivity contribution is 5.78. The van der Waals surface area contributed by atoms with Crippen LogP contribution in [0.15, 0.2) is 29.1 Å². The minimum absolute atomic E-state index is 0.0546. The summed E-state index contributed by atoms with van der Waals surface area (Å²) in [5, 5.41) is 2.93. The largest absolute Gasteiger partial charge is 0.376 e. The second-order valence-corrected chi connectivity index (χ2v) is 7.26. The normalized spacial score (nSPS) is 19.7. The van der Waals surface area contributed by atoms with Gasteiger partial charge in [-0.05, 0) is 37.8 Å². The molecule has 144 valence electrons. The number of amides is 1. The Morgan fingerprint density at radius 1 is 1.22 bits per heavy atom. The van der Waals surface area contributed by atoms with Crippen LogP contribution in [0.3, 0.4) is 0 Å². The molecule has 2 aliphatic heterocycles. The van der Waals surface area contributed by atoms with Crippen LogP contribution in [0.4, 0.5) is 5.82 Å². The number of anilines is 1. The molecule has 4 rings (SSSR count). The van der Waals surface area contributed by atoms with Crippen LogP contribution < -0.4 is 15.8 Å². The lowest BCUT2D eigenvalue weighted by Crippen LogP contribution is -2.35. The predicted molar refractivity (Wildman–Crippen MR) is 104 cm³/mol. The molecule has 1 aromatic heterocycles. The Labute approximate surface area is 158 Å². The second-order valence-electron chi connectivity index (χ2n) is 7.26. The fraction of sp³-hybridized carbons (Fsp3) is 0.550. The third-order valence-corrected chi connectivity index (χ3v) is 5.35. The number of carbonyl (C=O) groups excluding carboxylic acids is 1. The molecular weight excluding hydrogens is 344 g/mol. The standard InChI is InChI=1S/C20H26N4O3/c25-18(21-14-15-6-5-13-27-15)9-12-24-17-8-2-1-7-16(17)22-19(20(24)26)23-10-3-4-11-23/h1-2,7-8,15H,3-6,9-14H2,(H,21,25). The summed E-state index contributed by atoms with van der Waals surface area (Å²) >= 11 is 0. The maximum Gasteiger partial charge on any atom is 0.294 e. The van der Waals surface area contributed by atoms with E-state index in [1.807, 2.05) is 24.3 Å². The summed E-state index contributed by atoms with van der Waals surface area (Å²) in [5.74, 6) is 0.451. The quantitative estimate of drug-likeness (QED) is 0.837. The van der Waals surface area contributed by atoms with E-state index in [-0.39, 0.29) is 24.0 Å². The maximum atomic E-state index is 13.1. The average molecular weight is 370 g/mol. The van der Waals surface area contributed by atoms with Crippen LogP contribution in [0.25, 0.3) is 11.0 Å². The van der Waals surface area contributed by atoms with E-state index in [0.717, 1.165) is 56.4 Å². The molecule has 0 radical (unpaired) electrons. The third-order valence-electron chi connectivity index (χ3n) is 5.35. The number of ether oxygens (including phenoxy) is 1. The number of benzene rings is 1. The molecule has 2 aromatic rings. The van der Waals surface area contributed by atoms with Gasteiger partial charge in [-0.1, -0.05) is 12.1 Å². The smallest absolute Gasteiger partial charge is 0.294 e. The topological polar surface area (TPSA) is 76.5 Å². The molecule has 2 aliphatic rings. The number of nitrogens with zero attached hydrogens (tertiary/aromatic N) is 3. The highest BCUT2D eigenvalue weighted by atomic mass is 16.5. The number of rotatable bonds is 6. The molecule has 0 saturated carbocycles. The Kier molecular flexibility index (Phi) is 5.38. The highest BCUT2D eigenvalue weighted by Gasteiger charge is 2.20. The van der Waals surface area contributed by atoms with Gasteiger partial charge in [-0.3, -0.25) is 9.59 Å². The van der Waals surface area contributed by atoms with E-state index in [2.05, 4.69) is 15.2 Å². The van der Waals surface area contributed by atoms with Gasteiger partial charge >= 0.3 is 0 Å². The Morgan fingerprint density at radius 2 is 2.04 bits per heavy atom. The molecule has 0 aliphatic carbocycles. The molecule has 1 N–H and O–H groups in total. The number of aromatic nitrogens is 2. The SMILES string of the molecule is O=C(CCn1c(=O)c(N2CCCC2)nc2ccccc21)NCC1CCCO1. The van der Waals surface area contributed by atoms with Crippen molar-refractivity contribution in [3.05, 3.63) is 34.6 Å². The molecule has 3 heterocycles. The van der Waals surface area contributed by atoms with E-state index in [1.54, 1.807) is 4.57 Å². The molecule has 7 nitrogen and oxygen atoms in total. The van der Waals surface area contributed by atoms with Crippen LogP contribution in [0, 0.1) is 0 Å². The molecule has 7 heteroatoms. The maximum absolute atomic E-state index is 13.1. The van der Waals surface area contributed by atoms with Crippen LogP contribution in [0.1, 0.15) is 32.1 Å². The van der Waals surface area contributed by atoms with Crippen molar-refractivity contribution >= 4 is 22.8 Å². The summed E-state index contributed by atoms with van der Waals surface area (Å²) in [7, 11) is 0. The zero-order valence-electron chi connectivity index (χ0n) is 15.5. The van der Waals surface area contributed by atoms with Crippen LogP contribution in [0.2, 0.25) is 0 Å². The minimum atomic E-state index is -0.109.